The van der Waals surface area contributed by atoms with Crippen LogP contribution in [0.2, 0.25) is 0 Å². The van der Waals surface area contributed by atoms with Gasteiger partial charge >= 0.3 is 6.09 Å². The van der Waals surface area contributed by atoms with Gasteiger partial charge in [0.1, 0.15) is 17.2 Å². The van der Waals surface area contributed by atoms with E-state index in [1.807, 2.05) is 45.0 Å². The number of ether oxygens (including phenoxy) is 1. The average molecular weight is 351 g/mol. The number of rotatable bonds is 1. The van der Waals surface area contributed by atoms with E-state index in [1.54, 1.807) is 17.9 Å². The van der Waals surface area contributed by atoms with Crippen molar-refractivity contribution in [2.24, 2.45) is 0 Å². The lowest BCUT2D eigenvalue weighted by molar-refractivity contribution is 0.0242. The number of fused-ring (bicyclic) bond motifs is 1. The van der Waals surface area contributed by atoms with Gasteiger partial charge in [0.15, 0.2) is 0 Å². The maximum absolute atomic E-state index is 12.4. The Morgan fingerprint density at radius 1 is 1.27 bits per heavy atom. The highest BCUT2D eigenvalue weighted by atomic mass is 16.6. The predicted octanol–water partition coefficient (Wildman–Crippen LogP) is 3.47. The molecule has 1 aromatic heterocycles. The number of carbonyl (C=O) groups excluding carboxylic acids is 1. The second kappa shape index (κ2) is 6.34. The zero-order valence-corrected chi connectivity index (χ0v) is 15.3. The maximum atomic E-state index is 12.4. The SMILES string of the molecule is Cc1cc(-c2cccc3c2CN(C(=O)OC(C)(C)C)C3)c(C#N)c(=O)[nH]1. The van der Waals surface area contributed by atoms with Crippen molar-refractivity contribution in [1.82, 2.24) is 9.88 Å². The van der Waals surface area contributed by atoms with E-state index in [0.717, 1.165) is 16.7 Å². The molecule has 1 N–H and O–H groups in total. The molecular formula is C20H21N3O3. The summed E-state index contributed by atoms with van der Waals surface area (Å²) in [5.74, 6) is 0. The third-order valence-electron chi connectivity index (χ3n) is 4.20. The van der Waals surface area contributed by atoms with Gasteiger partial charge in [-0.05, 0) is 50.5 Å². The van der Waals surface area contributed by atoms with Crippen molar-refractivity contribution in [2.75, 3.05) is 0 Å². The molecule has 0 radical (unpaired) electrons. The Morgan fingerprint density at radius 2 is 2.00 bits per heavy atom. The van der Waals surface area contributed by atoms with Crippen LogP contribution >= 0.6 is 0 Å². The number of pyridine rings is 1. The standard InChI is InChI=1S/C20H21N3O3/c1-12-8-15(16(9-21)18(24)22-12)14-7-5-6-13-10-23(11-17(13)14)19(25)26-20(2,3)4/h5-8H,10-11H2,1-4H3,(H,22,24). The van der Waals surface area contributed by atoms with E-state index >= 15 is 0 Å². The highest BCUT2D eigenvalue weighted by Gasteiger charge is 2.30. The van der Waals surface area contributed by atoms with E-state index in [0.29, 0.717) is 24.3 Å². The molecule has 0 unspecified atom stereocenters. The van der Waals surface area contributed by atoms with Gasteiger partial charge in [0, 0.05) is 17.8 Å². The van der Waals surface area contributed by atoms with Gasteiger partial charge in [-0.3, -0.25) is 9.69 Å². The van der Waals surface area contributed by atoms with Crippen LogP contribution in [-0.2, 0) is 17.8 Å². The predicted molar refractivity (Wildman–Crippen MR) is 97.4 cm³/mol. The molecule has 134 valence electrons. The van der Waals surface area contributed by atoms with E-state index in [1.165, 1.54) is 0 Å². The number of aryl methyl sites for hydroxylation is 1. The molecule has 2 heterocycles. The van der Waals surface area contributed by atoms with Crippen LogP contribution in [0.15, 0.2) is 29.1 Å². The minimum Gasteiger partial charge on any atom is -0.444 e. The van der Waals surface area contributed by atoms with Gasteiger partial charge in [0.25, 0.3) is 5.56 Å². The van der Waals surface area contributed by atoms with Crippen molar-refractivity contribution in [2.45, 2.75) is 46.4 Å². The molecule has 6 nitrogen and oxygen atoms in total. The summed E-state index contributed by atoms with van der Waals surface area (Å²) in [5, 5.41) is 9.41. The lowest BCUT2D eigenvalue weighted by Gasteiger charge is -2.24. The van der Waals surface area contributed by atoms with Crippen molar-refractivity contribution >= 4 is 6.09 Å². The number of aromatic nitrogens is 1. The van der Waals surface area contributed by atoms with E-state index in [4.69, 9.17) is 4.74 Å². The third kappa shape index (κ3) is 3.33. The van der Waals surface area contributed by atoms with Crippen LogP contribution in [0.25, 0.3) is 11.1 Å². The molecule has 1 amide bonds. The van der Waals surface area contributed by atoms with Crippen LogP contribution in [0.1, 0.15) is 43.2 Å². The van der Waals surface area contributed by atoms with Crippen molar-refractivity contribution < 1.29 is 9.53 Å². The fraction of sp³-hybridized carbons (Fsp3) is 0.350. The van der Waals surface area contributed by atoms with E-state index in [9.17, 15) is 14.9 Å². The average Bonchev–Trinajstić information content (AvgIpc) is 2.96. The second-order valence-corrected chi connectivity index (χ2v) is 7.46. The molecule has 2 aromatic rings. The number of nitrogens with zero attached hydrogens (tertiary/aromatic N) is 2. The number of hydrogen-bond donors (Lipinski definition) is 1. The molecule has 0 saturated carbocycles. The number of H-pyrrole nitrogens is 1. The summed E-state index contributed by atoms with van der Waals surface area (Å²) in [6.45, 7) is 8.11. The Hall–Kier alpha value is -3.07. The van der Waals surface area contributed by atoms with Crippen LogP contribution in [0, 0.1) is 18.3 Å². The molecule has 0 bridgehead atoms. The Bertz CT molecular complexity index is 977. The highest BCUT2D eigenvalue weighted by molar-refractivity contribution is 5.77. The van der Waals surface area contributed by atoms with Gasteiger partial charge in [-0.1, -0.05) is 18.2 Å². The first-order valence-corrected chi connectivity index (χ1v) is 8.42. The molecular weight excluding hydrogens is 330 g/mol. The minimum absolute atomic E-state index is 0.0831. The number of benzene rings is 1. The third-order valence-corrected chi connectivity index (χ3v) is 4.20. The molecule has 1 aromatic carbocycles. The first-order chi connectivity index (χ1) is 12.2. The minimum atomic E-state index is -0.563. The molecule has 1 aliphatic heterocycles. The zero-order valence-electron chi connectivity index (χ0n) is 15.3. The summed E-state index contributed by atoms with van der Waals surface area (Å²) in [6, 6.07) is 9.51. The summed E-state index contributed by atoms with van der Waals surface area (Å²) in [4.78, 5) is 28.8. The summed E-state index contributed by atoms with van der Waals surface area (Å²) < 4.78 is 5.46. The molecule has 6 heteroatoms. The smallest absolute Gasteiger partial charge is 0.410 e. The van der Waals surface area contributed by atoms with Gasteiger partial charge in [0.05, 0.1) is 6.54 Å². The lowest BCUT2D eigenvalue weighted by atomic mass is 9.94. The van der Waals surface area contributed by atoms with Crippen LogP contribution < -0.4 is 5.56 Å². The fourth-order valence-corrected chi connectivity index (χ4v) is 3.14. The van der Waals surface area contributed by atoms with Crippen LogP contribution in [0.5, 0.6) is 0 Å². The molecule has 3 rings (SSSR count). The van der Waals surface area contributed by atoms with Gasteiger partial charge in [-0.25, -0.2) is 4.79 Å². The van der Waals surface area contributed by atoms with E-state index < -0.39 is 11.2 Å². The Kier molecular flexibility index (Phi) is 4.33. The monoisotopic (exact) mass is 351 g/mol. The van der Waals surface area contributed by atoms with Crippen molar-refractivity contribution in [3.05, 3.63) is 57.0 Å². The summed E-state index contributed by atoms with van der Waals surface area (Å²) in [6.07, 6.45) is -0.373. The lowest BCUT2D eigenvalue weighted by Crippen LogP contribution is -2.33. The molecule has 0 fully saturated rings. The number of carbonyl (C=O) groups is 1. The number of nitriles is 1. The van der Waals surface area contributed by atoms with E-state index in [2.05, 4.69) is 4.98 Å². The molecule has 0 spiro atoms. The van der Waals surface area contributed by atoms with Crippen molar-refractivity contribution in [3.63, 3.8) is 0 Å². The van der Waals surface area contributed by atoms with Gasteiger partial charge in [0.2, 0.25) is 0 Å². The molecule has 0 atom stereocenters. The molecule has 1 aliphatic rings. The second-order valence-electron chi connectivity index (χ2n) is 7.46. The van der Waals surface area contributed by atoms with Crippen LogP contribution in [0.3, 0.4) is 0 Å². The highest BCUT2D eigenvalue weighted by Crippen LogP contribution is 2.34. The maximum Gasteiger partial charge on any atom is 0.410 e. The molecule has 26 heavy (non-hydrogen) atoms. The topological polar surface area (TPSA) is 86.2 Å². The van der Waals surface area contributed by atoms with Crippen LogP contribution in [-0.4, -0.2) is 21.6 Å². The van der Waals surface area contributed by atoms with Crippen LogP contribution in [0.4, 0.5) is 4.79 Å². The quantitative estimate of drug-likeness (QED) is 0.852. The normalized spacial score (nSPS) is 13.3. The summed E-state index contributed by atoms with van der Waals surface area (Å²) in [5.41, 5.74) is 3.14. The summed E-state index contributed by atoms with van der Waals surface area (Å²) in [7, 11) is 0. The Morgan fingerprint density at radius 3 is 2.65 bits per heavy atom. The van der Waals surface area contributed by atoms with Crippen molar-refractivity contribution in [1.29, 1.82) is 5.26 Å². The fourth-order valence-electron chi connectivity index (χ4n) is 3.14. The first-order valence-electron chi connectivity index (χ1n) is 8.42. The Labute approximate surface area is 152 Å². The number of hydrogen-bond acceptors (Lipinski definition) is 4. The van der Waals surface area contributed by atoms with Crippen molar-refractivity contribution in [3.8, 4) is 17.2 Å². The number of nitrogens with one attached hydrogen (secondary N) is 1. The Balaban J connectivity index is 2.03. The van der Waals surface area contributed by atoms with Gasteiger partial charge < -0.3 is 9.72 Å². The number of aromatic amines is 1. The largest absolute Gasteiger partial charge is 0.444 e. The zero-order chi connectivity index (χ0) is 19.1. The van der Waals surface area contributed by atoms with E-state index in [-0.39, 0.29) is 11.7 Å². The molecule has 0 saturated heterocycles. The molecule has 0 aliphatic carbocycles. The first kappa shape index (κ1) is 17.7. The van der Waals surface area contributed by atoms with Gasteiger partial charge in [-0.2, -0.15) is 5.26 Å². The van der Waals surface area contributed by atoms with Gasteiger partial charge in [-0.15, -0.1) is 0 Å². The summed E-state index contributed by atoms with van der Waals surface area (Å²) >= 11 is 0. The number of amides is 1.